The summed E-state index contributed by atoms with van der Waals surface area (Å²) in [5.41, 5.74) is 2.30. The van der Waals surface area contributed by atoms with Crippen molar-refractivity contribution in [2.75, 3.05) is 7.05 Å². The van der Waals surface area contributed by atoms with Gasteiger partial charge in [0.25, 0.3) is 5.91 Å². The molecule has 30 heavy (non-hydrogen) atoms. The molecule has 0 unspecified atom stereocenters. The number of nitrogens with zero attached hydrogens (tertiary/aromatic N) is 6. The van der Waals surface area contributed by atoms with Crippen molar-refractivity contribution in [2.45, 2.75) is 19.3 Å². The Kier molecular flexibility index (Phi) is 4.98. The molecule has 4 rings (SSSR count). The number of hydrogen-bond acceptors (Lipinski definition) is 4. The number of amides is 1. The Bertz CT molecular complexity index is 1180. The lowest BCUT2D eigenvalue weighted by molar-refractivity contribution is -0.141. The fourth-order valence-corrected chi connectivity index (χ4v) is 3.19. The van der Waals surface area contributed by atoms with Crippen molar-refractivity contribution in [2.24, 2.45) is 0 Å². The highest BCUT2D eigenvalue weighted by Gasteiger charge is 2.29. The summed E-state index contributed by atoms with van der Waals surface area (Å²) in [6.07, 6.45) is 1.15. The number of fused-ring (bicyclic) bond motifs is 1. The Balaban J connectivity index is 1.61. The van der Waals surface area contributed by atoms with E-state index >= 15 is 0 Å². The first-order valence-electron chi connectivity index (χ1n) is 9.04. The van der Waals surface area contributed by atoms with Gasteiger partial charge in [-0.25, -0.2) is 14.5 Å². The highest BCUT2D eigenvalue weighted by atomic mass is 19.4. The normalized spacial score (nSPS) is 11.7. The fourth-order valence-electron chi connectivity index (χ4n) is 3.19. The molecule has 1 aromatic carbocycles. The van der Waals surface area contributed by atoms with Crippen molar-refractivity contribution in [1.29, 1.82) is 0 Å². The molecule has 7 nitrogen and oxygen atoms in total. The molecule has 0 bridgehead atoms. The number of imidazole rings is 1. The zero-order valence-corrected chi connectivity index (χ0v) is 15.9. The zero-order chi connectivity index (χ0) is 21.3. The minimum absolute atomic E-state index is 0.0857. The van der Waals surface area contributed by atoms with Crippen LogP contribution in [-0.4, -0.2) is 48.2 Å². The van der Waals surface area contributed by atoms with Crippen LogP contribution in [0.3, 0.4) is 0 Å². The van der Waals surface area contributed by atoms with Gasteiger partial charge in [-0.3, -0.25) is 4.79 Å². The van der Waals surface area contributed by atoms with Crippen LogP contribution in [0.2, 0.25) is 0 Å². The highest BCUT2D eigenvalue weighted by Crippen LogP contribution is 2.22. The minimum atomic E-state index is -4.38. The number of alkyl halides is 3. The Labute approximate surface area is 169 Å². The maximum atomic E-state index is 13.0. The molecule has 3 heterocycles. The van der Waals surface area contributed by atoms with E-state index in [0.717, 1.165) is 15.8 Å². The lowest BCUT2D eigenvalue weighted by atomic mass is 10.1. The lowest BCUT2D eigenvalue weighted by Crippen LogP contribution is -2.29. The first-order valence-corrected chi connectivity index (χ1v) is 9.04. The molecule has 0 aliphatic rings. The van der Waals surface area contributed by atoms with E-state index in [4.69, 9.17) is 0 Å². The first-order chi connectivity index (χ1) is 14.3. The molecule has 0 aliphatic heterocycles. The maximum absolute atomic E-state index is 13.0. The van der Waals surface area contributed by atoms with E-state index in [9.17, 15) is 18.0 Å². The van der Waals surface area contributed by atoms with E-state index < -0.39 is 18.6 Å². The number of halogens is 3. The van der Waals surface area contributed by atoms with Crippen LogP contribution >= 0.6 is 0 Å². The van der Waals surface area contributed by atoms with Gasteiger partial charge in [-0.2, -0.15) is 18.3 Å². The zero-order valence-electron chi connectivity index (χ0n) is 15.9. The number of rotatable bonds is 5. The average Bonchev–Trinajstić information content (AvgIpc) is 3.33. The average molecular weight is 414 g/mol. The lowest BCUT2D eigenvalue weighted by Gasteiger charge is -2.18. The summed E-state index contributed by atoms with van der Waals surface area (Å²) in [4.78, 5) is 22.5. The van der Waals surface area contributed by atoms with Gasteiger partial charge < -0.3 is 9.47 Å². The summed E-state index contributed by atoms with van der Waals surface area (Å²) in [5.74, 6) is -0.276. The van der Waals surface area contributed by atoms with Crippen LogP contribution in [0.5, 0.6) is 0 Å². The molecular weight excluding hydrogens is 397 g/mol. The topological polar surface area (TPSA) is 68.3 Å². The molecule has 1 amide bonds. The number of carbonyl (C=O) groups excluding carboxylic acids is 1. The molecule has 0 radical (unpaired) electrons. The molecular formula is C20H17F3N6O. The number of hydrogen-bond donors (Lipinski definition) is 0. The third-order valence-corrected chi connectivity index (χ3v) is 4.58. The van der Waals surface area contributed by atoms with Gasteiger partial charge in [-0.1, -0.05) is 30.3 Å². The highest BCUT2D eigenvalue weighted by molar-refractivity contribution is 5.99. The monoisotopic (exact) mass is 414 g/mol. The van der Waals surface area contributed by atoms with Crippen LogP contribution in [0.4, 0.5) is 13.2 Å². The third kappa shape index (κ3) is 3.88. The minimum Gasteiger partial charge on any atom is -0.334 e. The second-order valence-electron chi connectivity index (χ2n) is 6.74. The molecule has 0 saturated heterocycles. The summed E-state index contributed by atoms with van der Waals surface area (Å²) in [7, 11) is 1.50. The maximum Gasteiger partial charge on any atom is 0.406 e. The van der Waals surface area contributed by atoms with Gasteiger partial charge in [0, 0.05) is 31.2 Å². The van der Waals surface area contributed by atoms with E-state index in [-0.39, 0.29) is 17.9 Å². The Morgan fingerprint density at radius 3 is 2.60 bits per heavy atom. The smallest absolute Gasteiger partial charge is 0.334 e. The van der Waals surface area contributed by atoms with Gasteiger partial charge in [0.15, 0.2) is 5.65 Å². The summed E-state index contributed by atoms with van der Waals surface area (Å²) in [6.45, 7) is -1.25. The van der Waals surface area contributed by atoms with Gasteiger partial charge in [-0.15, -0.1) is 0 Å². The largest absolute Gasteiger partial charge is 0.406 e. The molecule has 0 aliphatic carbocycles. The van der Waals surface area contributed by atoms with E-state index in [1.54, 1.807) is 16.8 Å². The Morgan fingerprint density at radius 2 is 1.87 bits per heavy atom. The van der Waals surface area contributed by atoms with Crippen LogP contribution in [0, 0.1) is 0 Å². The van der Waals surface area contributed by atoms with Crippen LogP contribution in [0.15, 0.2) is 61.2 Å². The van der Waals surface area contributed by atoms with Crippen molar-refractivity contribution in [3.05, 3.63) is 72.6 Å². The predicted octanol–water partition coefficient (Wildman–Crippen LogP) is 3.43. The first kappa shape index (κ1) is 19.6. The van der Waals surface area contributed by atoms with Crippen molar-refractivity contribution < 1.29 is 18.0 Å². The molecule has 0 spiro atoms. The standard InChI is InChI=1S/C20H17F3N6O/c1-27(12-17-24-9-10-28(17)13-20(21,22)23)19(30)15-11-26-29-16(7-8-25-18(15)29)14-5-3-2-4-6-14/h2-11H,12-13H2,1H3. The van der Waals surface area contributed by atoms with E-state index in [1.807, 2.05) is 30.3 Å². The molecule has 0 N–H and O–H groups in total. The van der Waals surface area contributed by atoms with Gasteiger partial charge in [0.05, 0.1) is 18.4 Å². The van der Waals surface area contributed by atoms with Gasteiger partial charge in [0.1, 0.15) is 17.9 Å². The van der Waals surface area contributed by atoms with E-state index in [2.05, 4.69) is 15.1 Å². The Hall–Kier alpha value is -3.69. The second-order valence-corrected chi connectivity index (χ2v) is 6.74. The number of benzene rings is 1. The molecule has 3 aromatic heterocycles. The second kappa shape index (κ2) is 7.62. The summed E-state index contributed by atoms with van der Waals surface area (Å²) < 4.78 is 40.7. The summed E-state index contributed by atoms with van der Waals surface area (Å²) >= 11 is 0. The SMILES string of the molecule is CN(Cc1nccn1CC(F)(F)F)C(=O)c1cnn2c(-c3ccccc3)ccnc12. The summed E-state index contributed by atoms with van der Waals surface area (Å²) in [5, 5.41) is 4.30. The van der Waals surface area contributed by atoms with E-state index in [1.165, 1.54) is 30.5 Å². The van der Waals surface area contributed by atoms with Crippen molar-refractivity contribution in [3.63, 3.8) is 0 Å². The van der Waals surface area contributed by atoms with Crippen LogP contribution in [0.1, 0.15) is 16.2 Å². The van der Waals surface area contributed by atoms with Crippen molar-refractivity contribution >= 4 is 11.6 Å². The quantitative estimate of drug-likeness (QED) is 0.502. The van der Waals surface area contributed by atoms with Gasteiger partial charge in [-0.05, 0) is 6.07 Å². The number of carbonyl (C=O) groups is 1. The van der Waals surface area contributed by atoms with E-state index in [0.29, 0.717) is 5.65 Å². The number of aromatic nitrogens is 5. The predicted molar refractivity (Wildman–Crippen MR) is 103 cm³/mol. The molecule has 10 heteroatoms. The molecule has 0 fully saturated rings. The van der Waals surface area contributed by atoms with Crippen LogP contribution in [-0.2, 0) is 13.1 Å². The molecule has 154 valence electrons. The van der Waals surface area contributed by atoms with Crippen molar-refractivity contribution in [1.82, 2.24) is 29.0 Å². The molecule has 4 aromatic rings. The van der Waals surface area contributed by atoms with Crippen LogP contribution in [0.25, 0.3) is 16.9 Å². The van der Waals surface area contributed by atoms with Crippen molar-refractivity contribution in [3.8, 4) is 11.3 Å². The third-order valence-electron chi connectivity index (χ3n) is 4.58. The van der Waals surface area contributed by atoms with Gasteiger partial charge >= 0.3 is 6.18 Å². The summed E-state index contributed by atoms with van der Waals surface area (Å²) in [6, 6.07) is 11.3. The fraction of sp³-hybridized carbons (Fsp3) is 0.200. The molecule has 0 atom stereocenters. The van der Waals surface area contributed by atoms with Crippen LogP contribution < -0.4 is 0 Å². The van der Waals surface area contributed by atoms with Gasteiger partial charge in [0.2, 0.25) is 0 Å². The molecule has 0 saturated carbocycles. The Morgan fingerprint density at radius 1 is 1.10 bits per heavy atom.